The molecule has 6 nitrogen and oxygen atoms in total. The van der Waals surface area contributed by atoms with Gasteiger partial charge in [0.25, 0.3) is 5.91 Å². The smallest absolute Gasteiger partial charge is 0.317 e. The van der Waals surface area contributed by atoms with E-state index in [9.17, 15) is 9.59 Å². The zero-order valence-electron chi connectivity index (χ0n) is 15.6. The van der Waals surface area contributed by atoms with Crippen molar-refractivity contribution in [3.8, 4) is 0 Å². The number of likely N-dealkylation sites (N-methyl/N-ethyl adjacent to an activating group) is 1. The number of carbonyl (C=O) groups excluding carboxylic acids is 1. The molecule has 4 rings (SSSR count). The Morgan fingerprint density at radius 3 is 2.78 bits per heavy atom. The van der Waals surface area contributed by atoms with Crippen LogP contribution in [-0.2, 0) is 17.6 Å². The largest absolute Gasteiger partial charge is 0.480 e. The maximum Gasteiger partial charge on any atom is 0.317 e. The second kappa shape index (κ2) is 7.27. The van der Waals surface area contributed by atoms with E-state index in [4.69, 9.17) is 10.1 Å². The number of rotatable bonds is 6. The van der Waals surface area contributed by atoms with Gasteiger partial charge in [-0.2, -0.15) is 0 Å². The van der Waals surface area contributed by atoms with Gasteiger partial charge in [0, 0.05) is 23.2 Å². The van der Waals surface area contributed by atoms with E-state index in [0.717, 1.165) is 59.8 Å². The number of para-hydroxylation sites is 1. The second-order valence-corrected chi connectivity index (χ2v) is 7.54. The Bertz CT molecular complexity index is 890. The Hall–Kier alpha value is -2.47. The molecule has 0 saturated heterocycles. The number of aromatic nitrogens is 1. The Labute approximate surface area is 158 Å². The maximum absolute atomic E-state index is 13.1. The molecule has 0 atom stereocenters. The van der Waals surface area contributed by atoms with Crippen LogP contribution in [0.4, 0.5) is 0 Å². The lowest BCUT2D eigenvalue weighted by Crippen LogP contribution is -2.54. The predicted octanol–water partition coefficient (Wildman–Crippen LogP) is 2.39. The molecule has 0 spiro atoms. The van der Waals surface area contributed by atoms with Crippen molar-refractivity contribution in [2.75, 3.05) is 13.1 Å². The summed E-state index contributed by atoms with van der Waals surface area (Å²) in [6, 6.07) is 8.19. The van der Waals surface area contributed by atoms with E-state index in [1.54, 1.807) is 0 Å². The van der Waals surface area contributed by atoms with Crippen LogP contribution >= 0.6 is 0 Å². The van der Waals surface area contributed by atoms with Gasteiger partial charge in [-0.3, -0.25) is 19.5 Å². The van der Waals surface area contributed by atoms with Crippen LogP contribution in [-0.4, -0.2) is 52.0 Å². The molecule has 27 heavy (non-hydrogen) atoms. The number of carboxylic acids is 1. The number of aliphatic carboxylic acids is 1. The summed E-state index contributed by atoms with van der Waals surface area (Å²) in [5.41, 5.74) is 3.83. The molecular formula is C21H25N3O3. The second-order valence-electron chi connectivity index (χ2n) is 7.54. The summed E-state index contributed by atoms with van der Waals surface area (Å²) >= 11 is 0. The molecule has 6 heteroatoms. The van der Waals surface area contributed by atoms with Gasteiger partial charge in [-0.05, 0) is 50.3 Å². The minimum absolute atomic E-state index is 0.0171. The number of carbonyl (C=O) groups is 2. The fraction of sp³-hybridized carbons (Fsp3) is 0.476. The van der Waals surface area contributed by atoms with Crippen molar-refractivity contribution < 1.29 is 14.7 Å². The molecule has 2 aliphatic rings. The number of aryl methyl sites for hydroxylation is 1. The summed E-state index contributed by atoms with van der Waals surface area (Å²) in [6.45, 7) is 2.74. The lowest BCUT2D eigenvalue weighted by atomic mass is 9.85. The van der Waals surface area contributed by atoms with Gasteiger partial charge in [0.2, 0.25) is 0 Å². The van der Waals surface area contributed by atoms with E-state index >= 15 is 0 Å². The number of fused-ring (bicyclic) bond motifs is 2. The molecule has 1 fully saturated rings. The number of hydrogen-bond acceptors (Lipinski definition) is 4. The van der Waals surface area contributed by atoms with Gasteiger partial charge >= 0.3 is 5.97 Å². The SMILES string of the molecule is CCN(CC(=O)O)C1CC(NC(=O)c2c3c(nc4ccccc24)CCC3)C1. The summed E-state index contributed by atoms with van der Waals surface area (Å²) in [7, 11) is 0. The normalized spacial score (nSPS) is 21.1. The van der Waals surface area contributed by atoms with Crippen molar-refractivity contribution in [1.29, 1.82) is 0 Å². The van der Waals surface area contributed by atoms with E-state index in [0.29, 0.717) is 6.54 Å². The minimum Gasteiger partial charge on any atom is -0.480 e. The summed E-state index contributed by atoms with van der Waals surface area (Å²) in [5, 5.41) is 13.1. The number of amides is 1. The molecule has 2 aliphatic carbocycles. The van der Waals surface area contributed by atoms with Gasteiger partial charge in [-0.25, -0.2) is 0 Å². The average molecular weight is 367 g/mol. The first-order valence-corrected chi connectivity index (χ1v) is 9.74. The highest BCUT2D eigenvalue weighted by Crippen LogP contribution is 2.31. The van der Waals surface area contributed by atoms with Crippen molar-refractivity contribution in [2.45, 2.75) is 51.1 Å². The van der Waals surface area contributed by atoms with Gasteiger partial charge < -0.3 is 10.4 Å². The van der Waals surface area contributed by atoms with Crippen molar-refractivity contribution in [3.63, 3.8) is 0 Å². The number of carboxylic acid groups (broad SMARTS) is 1. The molecule has 0 radical (unpaired) electrons. The van der Waals surface area contributed by atoms with Crippen molar-refractivity contribution in [3.05, 3.63) is 41.1 Å². The first-order valence-electron chi connectivity index (χ1n) is 9.74. The number of pyridine rings is 1. The number of nitrogens with zero attached hydrogens (tertiary/aromatic N) is 2. The molecule has 1 saturated carbocycles. The van der Waals surface area contributed by atoms with Crippen LogP contribution < -0.4 is 5.32 Å². The Kier molecular flexibility index (Phi) is 4.83. The Morgan fingerprint density at radius 1 is 1.26 bits per heavy atom. The fourth-order valence-corrected chi connectivity index (χ4v) is 4.40. The molecule has 0 unspecified atom stereocenters. The summed E-state index contributed by atoms with van der Waals surface area (Å²) in [6.07, 6.45) is 4.50. The van der Waals surface area contributed by atoms with Crippen LogP contribution in [0.1, 0.15) is 47.8 Å². The molecule has 1 aromatic heterocycles. The summed E-state index contributed by atoms with van der Waals surface area (Å²) < 4.78 is 0. The van der Waals surface area contributed by atoms with E-state index in [2.05, 4.69) is 5.32 Å². The van der Waals surface area contributed by atoms with Gasteiger partial charge in [-0.15, -0.1) is 0 Å². The first kappa shape index (κ1) is 17.9. The fourth-order valence-electron chi connectivity index (χ4n) is 4.40. The van der Waals surface area contributed by atoms with Gasteiger partial charge in [0.15, 0.2) is 0 Å². The van der Waals surface area contributed by atoms with E-state index in [1.165, 1.54) is 0 Å². The third-order valence-electron chi connectivity index (χ3n) is 5.86. The molecular weight excluding hydrogens is 342 g/mol. The van der Waals surface area contributed by atoms with Crippen LogP contribution in [0.25, 0.3) is 10.9 Å². The van der Waals surface area contributed by atoms with Crippen LogP contribution in [0, 0.1) is 0 Å². The third kappa shape index (κ3) is 3.41. The standard InChI is InChI=1S/C21H25N3O3/c1-2-24(12-19(25)26)14-10-13(11-14)22-21(27)20-15-6-3-4-8-17(15)23-18-9-5-7-16(18)20/h3-4,6,8,13-14H,2,5,7,9-12H2,1H3,(H,22,27)(H,25,26). The molecule has 2 N–H and O–H groups in total. The van der Waals surface area contributed by atoms with Gasteiger partial charge in [0.05, 0.1) is 17.6 Å². The quantitative estimate of drug-likeness (QED) is 0.819. The maximum atomic E-state index is 13.1. The van der Waals surface area contributed by atoms with E-state index in [-0.39, 0.29) is 24.5 Å². The monoisotopic (exact) mass is 367 g/mol. The van der Waals surface area contributed by atoms with E-state index in [1.807, 2.05) is 36.1 Å². The lowest BCUT2D eigenvalue weighted by molar-refractivity contribution is -0.139. The van der Waals surface area contributed by atoms with E-state index < -0.39 is 5.97 Å². The van der Waals surface area contributed by atoms with Crippen LogP contribution in [0.15, 0.2) is 24.3 Å². The zero-order valence-corrected chi connectivity index (χ0v) is 15.6. The molecule has 1 amide bonds. The first-order chi connectivity index (χ1) is 13.1. The molecule has 2 aromatic rings. The highest BCUT2D eigenvalue weighted by molar-refractivity contribution is 6.08. The number of benzene rings is 1. The topological polar surface area (TPSA) is 82.5 Å². The zero-order chi connectivity index (χ0) is 19.0. The number of nitrogens with one attached hydrogen (secondary N) is 1. The van der Waals surface area contributed by atoms with Crippen molar-refractivity contribution in [1.82, 2.24) is 15.2 Å². The third-order valence-corrected chi connectivity index (χ3v) is 5.86. The van der Waals surface area contributed by atoms with Crippen molar-refractivity contribution in [2.24, 2.45) is 0 Å². The Morgan fingerprint density at radius 2 is 2.04 bits per heavy atom. The van der Waals surface area contributed by atoms with Gasteiger partial charge in [0.1, 0.15) is 0 Å². The van der Waals surface area contributed by atoms with Crippen LogP contribution in [0.3, 0.4) is 0 Å². The summed E-state index contributed by atoms with van der Waals surface area (Å²) in [5.74, 6) is -0.820. The van der Waals surface area contributed by atoms with Gasteiger partial charge in [-0.1, -0.05) is 25.1 Å². The number of hydrogen-bond donors (Lipinski definition) is 2. The minimum atomic E-state index is -0.803. The molecule has 1 heterocycles. The predicted molar refractivity (Wildman–Crippen MR) is 103 cm³/mol. The molecule has 142 valence electrons. The van der Waals surface area contributed by atoms with Crippen molar-refractivity contribution >= 4 is 22.8 Å². The lowest BCUT2D eigenvalue weighted by Gasteiger charge is -2.42. The van der Waals surface area contributed by atoms with Crippen LogP contribution in [0.2, 0.25) is 0 Å². The molecule has 1 aromatic carbocycles. The summed E-state index contributed by atoms with van der Waals surface area (Å²) in [4.78, 5) is 30.8. The Balaban J connectivity index is 1.50. The molecule has 0 aliphatic heterocycles. The average Bonchev–Trinajstić information content (AvgIpc) is 3.08. The highest BCUT2D eigenvalue weighted by atomic mass is 16.4. The molecule has 0 bridgehead atoms. The van der Waals surface area contributed by atoms with Crippen LogP contribution in [0.5, 0.6) is 0 Å². The highest BCUT2D eigenvalue weighted by Gasteiger charge is 2.35.